The lowest BCUT2D eigenvalue weighted by Crippen LogP contribution is -2.29. The number of nitrogens with one attached hydrogen (secondary N) is 1. The molecule has 4 aromatic rings. The first-order valence-corrected chi connectivity index (χ1v) is 9.95. The van der Waals surface area contributed by atoms with Gasteiger partial charge in [-0.1, -0.05) is 41.7 Å². The average Bonchev–Trinajstić information content (AvgIpc) is 3.31. The van der Waals surface area contributed by atoms with Gasteiger partial charge in [0.2, 0.25) is 5.13 Å². The van der Waals surface area contributed by atoms with Crippen LogP contribution < -0.4 is 10.9 Å². The molecule has 1 aliphatic heterocycles. The minimum absolute atomic E-state index is 0.0714. The van der Waals surface area contributed by atoms with Gasteiger partial charge >= 0.3 is 5.63 Å². The highest BCUT2D eigenvalue weighted by Crippen LogP contribution is 2.26. The second kappa shape index (κ2) is 7.26. The van der Waals surface area contributed by atoms with Crippen molar-refractivity contribution in [1.29, 1.82) is 0 Å². The molecule has 0 radical (unpaired) electrons. The summed E-state index contributed by atoms with van der Waals surface area (Å²) in [6.07, 6.45) is 0. The average molecular weight is 432 g/mol. The Balaban J connectivity index is 1.33. The molecule has 3 amide bonds. The molecule has 5 rings (SSSR count). The van der Waals surface area contributed by atoms with E-state index in [1.165, 1.54) is 6.07 Å². The number of imide groups is 1. The quantitative estimate of drug-likeness (QED) is 0.388. The van der Waals surface area contributed by atoms with Gasteiger partial charge in [0.1, 0.15) is 16.2 Å². The summed E-state index contributed by atoms with van der Waals surface area (Å²) in [6.45, 7) is -0.0714. The van der Waals surface area contributed by atoms with Crippen LogP contribution in [0.4, 0.5) is 5.13 Å². The van der Waals surface area contributed by atoms with Crippen LogP contribution in [0.1, 0.15) is 36.1 Å². The van der Waals surface area contributed by atoms with Crippen molar-refractivity contribution in [3.63, 3.8) is 0 Å². The first-order valence-electron chi connectivity index (χ1n) is 9.13. The van der Waals surface area contributed by atoms with Crippen molar-refractivity contribution >= 4 is 45.2 Å². The summed E-state index contributed by atoms with van der Waals surface area (Å²) in [5.41, 5.74) is 0.119. The van der Waals surface area contributed by atoms with E-state index < -0.39 is 23.3 Å². The van der Waals surface area contributed by atoms with Gasteiger partial charge in [-0.15, -0.1) is 10.2 Å². The van der Waals surface area contributed by atoms with Gasteiger partial charge in [0.05, 0.1) is 17.7 Å². The van der Waals surface area contributed by atoms with Crippen LogP contribution in [0.2, 0.25) is 0 Å². The van der Waals surface area contributed by atoms with Crippen molar-refractivity contribution in [2.75, 3.05) is 5.32 Å². The van der Waals surface area contributed by atoms with Crippen LogP contribution in [0.15, 0.2) is 63.8 Å². The topological polar surface area (TPSA) is 122 Å². The van der Waals surface area contributed by atoms with Crippen molar-refractivity contribution in [2.45, 2.75) is 6.54 Å². The zero-order chi connectivity index (χ0) is 21.5. The van der Waals surface area contributed by atoms with Crippen LogP contribution in [0.5, 0.6) is 0 Å². The highest BCUT2D eigenvalue weighted by atomic mass is 32.1. The van der Waals surface area contributed by atoms with E-state index in [1.807, 2.05) is 0 Å². The predicted molar refractivity (Wildman–Crippen MR) is 111 cm³/mol. The van der Waals surface area contributed by atoms with Crippen LogP contribution in [0, 0.1) is 0 Å². The summed E-state index contributed by atoms with van der Waals surface area (Å²) in [7, 11) is 0. The van der Waals surface area contributed by atoms with E-state index >= 15 is 0 Å². The Morgan fingerprint density at radius 3 is 2.39 bits per heavy atom. The number of nitrogens with zero attached hydrogens (tertiary/aromatic N) is 3. The number of anilines is 1. The molecule has 3 heterocycles. The summed E-state index contributed by atoms with van der Waals surface area (Å²) in [5, 5.41) is 11.4. The largest absolute Gasteiger partial charge is 0.422 e. The number of amides is 3. The number of carbonyl (C=O) groups excluding carboxylic acids is 3. The standard InChI is InChI=1S/C21H12N4O5S/c26-17(14-9-11-5-1-4-8-15(11)30-20(14)29)22-21-24-23-16(31-21)10-25-18(27)12-6-2-3-7-13(12)19(25)28/h1-9H,10H2,(H,22,24,26). The van der Waals surface area contributed by atoms with E-state index in [0.29, 0.717) is 27.1 Å². The Labute approximate surface area is 177 Å². The normalized spacial score (nSPS) is 13.0. The molecular weight excluding hydrogens is 420 g/mol. The van der Waals surface area contributed by atoms with E-state index in [1.54, 1.807) is 48.5 Å². The first-order chi connectivity index (χ1) is 15.0. The lowest BCUT2D eigenvalue weighted by atomic mass is 10.1. The van der Waals surface area contributed by atoms with Crippen LogP contribution in [-0.4, -0.2) is 32.8 Å². The Kier molecular flexibility index (Phi) is 4.41. The molecule has 0 atom stereocenters. The molecule has 1 aliphatic rings. The van der Waals surface area contributed by atoms with Gasteiger partial charge in [0.15, 0.2) is 0 Å². The number of para-hydroxylation sites is 1. The summed E-state index contributed by atoms with van der Waals surface area (Å²) in [5.74, 6) is -1.51. The summed E-state index contributed by atoms with van der Waals surface area (Å²) >= 11 is 1.00. The van der Waals surface area contributed by atoms with Gasteiger partial charge in [-0.05, 0) is 24.3 Å². The Morgan fingerprint density at radius 2 is 1.65 bits per heavy atom. The van der Waals surface area contributed by atoms with Crippen molar-refractivity contribution in [3.05, 3.63) is 86.7 Å². The molecule has 0 saturated heterocycles. The van der Waals surface area contributed by atoms with Gasteiger partial charge in [0, 0.05) is 5.39 Å². The van der Waals surface area contributed by atoms with Gasteiger partial charge in [0.25, 0.3) is 17.7 Å². The van der Waals surface area contributed by atoms with E-state index in [2.05, 4.69) is 15.5 Å². The second-order valence-corrected chi connectivity index (χ2v) is 7.74. The predicted octanol–water partition coefficient (Wildman–Crippen LogP) is 2.69. The molecule has 2 aromatic heterocycles. The third-order valence-corrected chi connectivity index (χ3v) is 5.57. The first kappa shape index (κ1) is 18.8. The molecule has 0 saturated carbocycles. The number of hydrogen-bond acceptors (Lipinski definition) is 8. The summed E-state index contributed by atoms with van der Waals surface area (Å²) in [4.78, 5) is 50.7. The molecule has 152 valence electrons. The summed E-state index contributed by atoms with van der Waals surface area (Å²) < 4.78 is 5.17. The lowest BCUT2D eigenvalue weighted by Gasteiger charge is -2.10. The molecule has 0 spiro atoms. The van der Waals surface area contributed by atoms with Gasteiger partial charge in [-0.25, -0.2) is 4.79 Å². The van der Waals surface area contributed by atoms with Gasteiger partial charge < -0.3 is 4.42 Å². The monoisotopic (exact) mass is 432 g/mol. The summed E-state index contributed by atoms with van der Waals surface area (Å²) in [6, 6.07) is 14.9. The third kappa shape index (κ3) is 3.28. The fourth-order valence-electron chi connectivity index (χ4n) is 3.27. The SMILES string of the molecule is O=C(Nc1nnc(CN2C(=O)c3ccccc3C2=O)s1)c1cc2ccccc2oc1=O. The van der Waals surface area contributed by atoms with E-state index in [-0.39, 0.29) is 17.2 Å². The molecule has 1 N–H and O–H groups in total. The van der Waals surface area contributed by atoms with Crippen molar-refractivity contribution in [2.24, 2.45) is 0 Å². The maximum absolute atomic E-state index is 12.5. The maximum Gasteiger partial charge on any atom is 0.349 e. The minimum Gasteiger partial charge on any atom is -0.422 e. The molecule has 0 bridgehead atoms. The van der Waals surface area contributed by atoms with E-state index in [9.17, 15) is 19.2 Å². The van der Waals surface area contributed by atoms with Gasteiger partial charge in [-0.2, -0.15) is 0 Å². The number of fused-ring (bicyclic) bond motifs is 2. The minimum atomic E-state index is -0.771. The zero-order valence-corrected chi connectivity index (χ0v) is 16.5. The molecule has 31 heavy (non-hydrogen) atoms. The lowest BCUT2D eigenvalue weighted by molar-refractivity contribution is 0.0641. The molecular formula is C21H12N4O5S. The number of aromatic nitrogens is 2. The van der Waals surface area contributed by atoms with Crippen molar-refractivity contribution in [1.82, 2.24) is 15.1 Å². The smallest absolute Gasteiger partial charge is 0.349 e. The second-order valence-electron chi connectivity index (χ2n) is 6.68. The van der Waals surface area contributed by atoms with E-state index in [0.717, 1.165) is 16.2 Å². The fraction of sp³-hybridized carbons (Fsp3) is 0.0476. The molecule has 0 fully saturated rings. The maximum atomic E-state index is 12.5. The molecule has 10 heteroatoms. The third-order valence-electron chi connectivity index (χ3n) is 4.74. The molecule has 9 nitrogen and oxygen atoms in total. The molecule has 0 aliphatic carbocycles. The Morgan fingerprint density at radius 1 is 0.968 bits per heavy atom. The number of carbonyl (C=O) groups is 3. The fourth-order valence-corrected chi connectivity index (χ4v) is 3.99. The van der Waals surface area contributed by atoms with Crippen molar-refractivity contribution < 1.29 is 18.8 Å². The number of rotatable bonds is 4. The van der Waals surface area contributed by atoms with Crippen LogP contribution in [-0.2, 0) is 6.54 Å². The zero-order valence-electron chi connectivity index (χ0n) is 15.7. The van der Waals surface area contributed by atoms with Crippen LogP contribution in [0.3, 0.4) is 0 Å². The van der Waals surface area contributed by atoms with Crippen LogP contribution >= 0.6 is 11.3 Å². The molecule has 0 unspecified atom stereocenters. The highest BCUT2D eigenvalue weighted by molar-refractivity contribution is 7.15. The number of benzene rings is 2. The highest BCUT2D eigenvalue weighted by Gasteiger charge is 2.35. The van der Waals surface area contributed by atoms with Gasteiger partial charge in [-0.3, -0.25) is 24.6 Å². The van der Waals surface area contributed by atoms with E-state index in [4.69, 9.17) is 4.42 Å². The number of hydrogen-bond donors (Lipinski definition) is 1. The Hall–Kier alpha value is -4.18. The van der Waals surface area contributed by atoms with Crippen molar-refractivity contribution in [3.8, 4) is 0 Å². The van der Waals surface area contributed by atoms with Crippen LogP contribution in [0.25, 0.3) is 11.0 Å². The Bertz CT molecular complexity index is 1410. The molecule has 2 aromatic carbocycles.